The van der Waals surface area contributed by atoms with Crippen molar-refractivity contribution in [1.82, 2.24) is 14.9 Å². The Hall–Kier alpha value is -2.21. The van der Waals surface area contributed by atoms with E-state index < -0.39 is 0 Å². The molecule has 1 fully saturated rings. The van der Waals surface area contributed by atoms with Crippen LogP contribution >= 0.6 is 0 Å². The molecule has 0 bridgehead atoms. The number of oxazole rings is 1. The van der Waals surface area contributed by atoms with E-state index in [4.69, 9.17) is 4.42 Å². The number of amides is 1. The molecule has 1 amide bonds. The SMILES string of the molecule is Cc1cccc(NC(=O)[C@H]2CCCN2Cc2nc(C)c(C)o2)n1. The normalized spacial score (nSPS) is 18.3. The Balaban J connectivity index is 1.67. The third kappa shape index (κ3) is 3.59. The molecule has 3 heterocycles. The van der Waals surface area contributed by atoms with Crippen LogP contribution in [0, 0.1) is 20.8 Å². The van der Waals surface area contributed by atoms with Crippen LogP contribution in [-0.2, 0) is 11.3 Å². The van der Waals surface area contributed by atoms with Crippen LogP contribution in [0.1, 0.15) is 35.9 Å². The maximum Gasteiger partial charge on any atom is 0.242 e. The fraction of sp³-hybridized carbons (Fsp3) is 0.471. The molecule has 0 aliphatic carbocycles. The minimum Gasteiger partial charge on any atom is -0.444 e. The van der Waals surface area contributed by atoms with Crippen LogP contribution in [0.2, 0.25) is 0 Å². The number of likely N-dealkylation sites (tertiary alicyclic amines) is 1. The third-order valence-corrected chi connectivity index (χ3v) is 4.22. The molecule has 0 unspecified atom stereocenters. The molecule has 0 saturated carbocycles. The zero-order chi connectivity index (χ0) is 16.4. The molecule has 1 atom stereocenters. The molecule has 122 valence electrons. The van der Waals surface area contributed by atoms with E-state index in [2.05, 4.69) is 20.2 Å². The number of anilines is 1. The summed E-state index contributed by atoms with van der Waals surface area (Å²) in [5.41, 5.74) is 1.79. The molecule has 0 spiro atoms. The van der Waals surface area contributed by atoms with Crippen molar-refractivity contribution in [1.29, 1.82) is 0 Å². The van der Waals surface area contributed by atoms with Crippen molar-refractivity contribution >= 4 is 11.7 Å². The fourth-order valence-electron chi connectivity index (χ4n) is 2.92. The summed E-state index contributed by atoms with van der Waals surface area (Å²) < 4.78 is 5.64. The maximum absolute atomic E-state index is 12.6. The summed E-state index contributed by atoms with van der Waals surface area (Å²) in [5.74, 6) is 2.10. The molecular weight excluding hydrogens is 292 g/mol. The van der Waals surface area contributed by atoms with Gasteiger partial charge < -0.3 is 9.73 Å². The highest BCUT2D eigenvalue weighted by molar-refractivity contribution is 5.94. The first-order valence-electron chi connectivity index (χ1n) is 7.94. The number of nitrogens with zero attached hydrogens (tertiary/aromatic N) is 3. The molecule has 2 aromatic rings. The van der Waals surface area contributed by atoms with Crippen molar-refractivity contribution in [2.24, 2.45) is 0 Å². The Kier molecular flexibility index (Phi) is 4.43. The molecular formula is C17H22N4O2. The molecule has 3 rings (SSSR count). The van der Waals surface area contributed by atoms with Crippen molar-refractivity contribution in [3.05, 3.63) is 41.2 Å². The van der Waals surface area contributed by atoms with E-state index in [1.54, 1.807) is 0 Å². The number of pyridine rings is 1. The van der Waals surface area contributed by atoms with Gasteiger partial charge in [0.1, 0.15) is 11.6 Å². The average molecular weight is 314 g/mol. The zero-order valence-corrected chi connectivity index (χ0v) is 13.8. The number of hydrogen-bond acceptors (Lipinski definition) is 5. The number of hydrogen-bond donors (Lipinski definition) is 1. The molecule has 2 aromatic heterocycles. The minimum atomic E-state index is -0.162. The molecule has 1 aliphatic rings. The molecule has 0 radical (unpaired) electrons. The van der Waals surface area contributed by atoms with Gasteiger partial charge >= 0.3 is 0 Å². The molecule has 6 nitrogen and oxygen atoms in total. The van der Waals surface area contributed by atoms with Crippen LogP contribution in [0.25, 0.3) is 0 Å². The number of carbonyl (C=O) groups is 1. The van der Waals surface area contributed by atoms with Gasteiger partial charge in [-0.1, -0.05) is 6.07 Å². The summed E-state index contributed by atoms with van der Waals surface area (Å²) in [7, 11) is 0. The van der Waals surface area contributed by atoms with Gasteiger partial charge in [0, 0.05) is 5.69 Å². The highest BCUT2D eigenvalue weighted by Crippen LogP contribution is 2.22. The van der Waals surface area contributed by atoms with Gasteiger partial charge in [-0.15, -0.1) is 0 Å². The summed E-state index contributed by atoms with van der Waals surface area (Å²) in [6.07, 6.45) is 1.84. The number of aryl methyl sites for hydroxylation is 3. The largest absolute Gasteiger partial charge is 0.444 e. The Morgan fingerprint density at radius 3 is 2.87 bits per heavy atom. The van der Waals surface area contributed by atoms with Crippen LogP contribution < -0.4 is 5.32 Å². The lowest BCUT2D eigenvalue weighted by atomic mass is 10.2. The maximum atomic E-state index is 12.6. The van der Waals surface area contributed by atoms with Crippen molar-refractivity contribution in [3.8, 4) is 0 Å². The number of nitrogens with one attached hydrogen (secondary N) is 1. The molecule has 6 heteroatoms. The van der Waals surface area contributed by atoms with Crippen molar-refractivity contribution in [2.75, 3.05) is 11.9 Å². The third-order valence-electron chi connectivity index (χ3n) is 4.22. The van der Waals surface area contributed by atoms with Gasteiger partial charge in [-0.3, -0.25) is 9.69 Å². The standard InChI is InChI=1S/C17H22N4O2/c1-11-6-4-8-15(18-11)20-17(22)14-7-5-9-21(14)10-16-19-12(2)13(3)23-16/h4,6,8,14H,5,7,9-10H2,1-3H3,(H,18,20,22)/t14-/m1/s1. The lowest BCUT2D eigenvalue weighted by molar-refractivity contribution is -0.120. The molecule has 1 aliphatic heterocycles. The van der Waals surface area contributed by atoms with Crippen LogP contribution in [0.4, 0.5) is 5.82 Å². The first-order valence-corrected chi connectivity index (χ1v) is 7.94. The second-order valence-corrected chi connectivity index (χ2v) is 6.03. The summed E-state index contributed by atoms with van der Waals surface area (Å²) in [4.78, 5) is 23.4. The monoisotopic (exact) mass is 314 g/mol. The van der Waals surface area contributed by atoms with Crippen LogP contribution in [0.5, 0.6) is 0 Å². The van der Waals surface area contributed by atoms with E-state index in [1.807, 2.05) is 39.0 Å². The van der Waals surface area contributed by atoms with Crippen molar-refractivity contribution in [2.45, 2.75) is 46.2 Å². The number of carbonyl (C=O) groups excluding carboxylic acids is 1. The predicted molar refractivity (Wildman–Crippen MR) is 87.0 cm³/mol. The fourth-order valence-corrected chi connectivity index (χ4v) is 2.92. The van der Waals surface area contributed by atoms with Crippen molar-refractivity contribution < 1.29 is 9.21 Å². The number of rotatable bonds is 4. The summed E-state index contributed by atoms with van der Waals surface area (Å²) >= 11 is 0. The van der Waals surface area contributed by atoms with Crippen LogP contribution in [0.3, 0.4) is 0 Å². The first kappa shape index (κ1) is 15.7. The Morgan fingerprint density at radius 1 is 1.35 bits per heavy atom. The predicted octanol–water partition coefficient (Wildman–Crippen LogP) is 2.60. The van der Waals surface area contributed by atoms with E-state index in [-0.39, 0.29) is 11.9 Å². The highest BCUT2D eigenvalue weighted by atomic mass is 16.4. The zero-order valence-electron chi connectivity index (χ0n) is 13.8. The van der Waals surface area contributed by atoms with E-state index >= 15 is 0 Å². The van der Waals surface area contributed by atoms with E-state index in [0.29, 0.717) is 18.3 Å². The molecule has 23 heavy (non-hydrogen) atoms. The Morgan fingerprint density at radius 2 is 2.17 bits per heavy atom. The Bertz CT molecular complexity index is 691. The van der Waals surface area contributed by atoms with Crippen LogP contribution in [-0.4, -0.2) is 33.4 Å². The number of aromatic nitrogens is 2. The van der Waals surface area contributed by atoms with E-state index in [1.165, 1.54) is 0 Å². The first-order chi connectivity index (χ1) is 11.0. The van der Waals surface area contributed by atoms with Gasteiger partial charge in [0.05, 0.1) is 18.3 Å². The van der Waals surface area contributed by atoms with Crippen LogP contribution in [0.15, 0.2) is 22.6 Å². The van der Waals surface area contributed by atoms with Gasteiger partial charge in [0.25, 0.3) is 0 Å². The lowest BCUT2D eigenvalue weighted by Gasteiger charge is -2.22. The van der Waals surface area contributed by atoms with Gasteiger partial charge in [-0.05, 0) is 52.3 Å². The average Bonchev–Trinajstić information content (AvgIpc) is 3.06. The lowest BCUT2D eigenvalue weighted by Crippen LogP contribution is -2.39. The topological polar surface area (TPSA) is 71.3 Å². The second kappa shape index (κ2) is 6.50. The summed E-state index contributed by atoms with van der Waals surface area (Å²) in [5, 5.41) is 2.91. The van der Waals surface area contributed by atoms with Gasteiger partial charge in [-0.2, -0.15) is 0 Å². The minimum absolute atomic E-state index is 0.0133. The van der Waals surface area contributed by atoms with Gasteiger partial charge in [0.15, 0.2) is 0 Å². The second-order valence-electron chi connectivity index (χ2n) is 6.03. The highest BCUT2D eigenvalue weighted by Gasteiger charge is 2.31. The molecule has 1 saturated heterocycles. The quantitative estimate of drug-likeness (QED) is 0.939. The van der Waals surface area contributed by atoms with Crippen molar-refractivity contribution in [3.63, 3.8) is 0 Å². The van der Waals surface area contributed by atoms with E-state index in [0.717, 1.165) is 36.5 Å². The smallest absolute Gasteiger partial charge is 0.242 e. The summed E-state index contributed by atoms with van der Waals surface area (Å²) in [6, 6.07) is 5.45. The van der Waals surface area contributed by atoms with E-state index in [9.17, 15) is 4.79 Å². The van der Waals surface area contributed by atoms with Gasteiger partial charge in [-0.25, -0.2) is 9.97 Å². The molecule has 0 aromatic carbocycles. The summed E-state index contributed by atoms with van der Waals surface area (Å²) in [6.45, 7) is 7.18. The Labute approximate surface area is 135 Å². The molecule has 1 N–H and O–H groups in total. The van der Waals surface area contributed by atoms with Gasteiger partial charge in [0.2, 0.25) is 11.8 Å².